The van der Waals surface area contributed by atoms with E-state index in [-0.39, 0.29) is 17.6 Å². The minimum atomic E-state index is -0.312. The van der Waals surface area contributed by atoms with Crippen molar-refractivity contribution in [3.05, 3.63) is 34.0 Å². The predicted molar refractivity (Wildman–Crippen MR) is 91.9 cm³/mol. The lowest BCUT2D eigenvalue weighted by atomic mass is 9.84. The monoisotopic (exact) mass is 360 g/mol. The van der Waals surface area contributed by atoms with Gasteiger partial charge in [0.2, 0.25) is 0 Å². The van der Waals surface area contributed by atoms with Gasteiger partial charge in [-0.1, -0.05) is 0 Å². The van der Waals surface area contributed by atoms with Crippen molar-refractivity contribution >= 4 is 17.2 Å². The molecule has 1 spiro atoms. The number of nitrogens with zero attached hydrogens (tertiary/aromatic N) is 4. The van der Waals surface area contributed by atoms with Gasteiger partial charge in [-0.25, -0.2) is 15.0 Å². The second kappa shape index (κ2) is 6.34. The molecule has 2 aliphatic heterocycles. The molecule has 8 heteroatoms. The second-order valence-electron chi connectivity index (χ2n) is 6.66. The molecule has 132 valence electrons. The zero-order valence-corrected chi connectivity index (χ0v) is 15.1. The molecule has 0 aromatic carbocycles. The van der Waals surface area contributed by atoms with E-state index in [9.17, 15) is 4.79 Å². The number of aromatic nitrogens is 3. The highest BCUT2D eigenvalue weighted by Crippen LogP contribution is 2.36. The van der Waals surface area contributed by atoms with Crippen molar-refractivity contribution in [1.29, 1.82) is 0 Å². The van der Waals surface area contributed by atoms with Crippen LogP contribution in [0.25, 0.3) is 0 Å². The highest BCUT2D eigenvalue weighted by atomic mass is 32.1. The molecule has 2 aromatic heterocycles. The van der Waals surface area contributed by atoms with Crippen molar-refractivity contribution in [2.45, 2.75) is 38.4 Å². The van der Waals surface area contributed by atoms with E-state index in [1.807, 2.05) is 25.3 Å². The molecule has 0 saturated carbocycles. The maximum atomic E-state index is 12.4. The Morgan fingerprint density at radius 3 is 2.96 bits per heavy atom. The van der Waals surface area contributed by atoms with Gasteiger partial charge in [0.25, 0.3) is 5.91 Å². The summed E-state index contributed by atoms with van der Waals surface area (Å²) in [6.07, 6.45) is 3.25. The standard InChI is InChI=1S/C17H20N4O3S/c1-11-3-5-18-16(19-11)24-13-4-6-23-17(7-13)9-21(10-17)15(22)14-8-25-12(2)20-14/h3,5,8,13H,4,6-7,9-10H2,1-2H3. The molecule has 1 atom stereocenters. The van der Waals surface area contributed by atoms with E-state index in [4.69, 9.17) is 9.47 Å². The van der Waals surface area contributed by atoms with Crippen LogP contribution in [0, 0.1) is 13.8 Å². The Morgan fingerprint density at radius 2 is 2.24 bits per heavy atom. The van der Waals surface area contributed by atoms with Crippen molar-refractivity contribution in [1.82, 2.24) is 19.9 Å². The van der Waals surface area contributed by atoms with Crippen molar-refractivity contribution < 1.29 is 14.3 Å². The number of hydrogen-bond donors (Lipinski definition) is 0. The first-order chi connectivity index (χ1) is 12.0. The van der Waals surface area contributed by atoms with Gasteiger partial charge in [-0.2, -0.15) is 0 Å². The number of aryl methyl sites for hydroxylation is 2. The molecule has 1 amide bonds. The molecule has 25 heavy (non-hydrogen) atoms. The summed E-state index contributed by atoms with van der Waals surface area (Å²) in [7, 11) is 0. The van der Waals surface area contributed by atoms with Crippen LogP contribution in [0.15, 0.2) is 17.6 Å². The maximum Gasteiger partial charge on any atom is 0.316 e. The summed E-state index contributed by atoms with van der Waals surface area (Å²) >= 11 is 1.49. The Balaban J connectivity index is 1.37. The molecule has 0 bridgehead atoms. The number of thiazole rings is 1. The minimum absolute atomic E-state index is 0.00863. The Kier molecular flexibility index (Phi) is 4.16. The summed E-state index contributed by atoms with van der Waals surface area (Å²) < 4.78 is 11.9. The number of amides is 1. The fourth-order valence-electron chi connectivity index (χ4n) is 3.35. The molecule has 4 heterocycles. The van der Waals surface area contributed by atoms with Gasteiger partial charge < -0.3 is 14.4 Å². The van der Waals surface area contributed by atoms with Crippen molar-refractivity contribution in [2.24, 2.45) is 0 Å². The van der Waals surface area contributed by atoms with Gasteiger partial charge in [0.05, 0.1) is 24.7 Å². The fraction of sp³-hybridized carbons (Fsp3) is 0.529. The Morgan fingerprint density at radius 1 is 1.40 bits per heavy atom. The van der Waals surface area contributed by atoms with Crippen LogP contribution < -0.4 is 4.74 Å². The lowest BCUT2D eigenvalue weighted by Gasteiger charge is -2.52. The van der Waals surface area contributed by atoms with Gasteiger partial charge in [0.1, 0.15) is 17.4 Å². The van der Waals surface area contributed by atoms with Crippen LogP contribution in [0.1, 0.15) is 34.0 Å². The number of hydrogen-bond acceptors (Lipinski definition) is 7. The number of carbonyl (C=O) groups is 1. The van der Waals surface area contributed by atoms with E-state index in [1.165, 1.54) is 11.3 Å². The van der Waals surface area contributed by atoms with Gasteiger partial charge in [0.15, 0.2) is 0 Å². The zero-order valence-electron chi connectivity index (χ0n) is 14.3. The van der Waals surface area contributed by atoms with Crippen LogP contribution in [-0.4, -0.2) is 57.2 Å². The van der Waals surface area contributed by atoms with E-state index >= 15 is 0 Å². The number of carbonyl (C=O) groups excluding carboxylic acids is 1. The van der Waals surface area contributed by atoms with Gasteiger partial charge in [-0.15, -0.1) is 11.3 Å². The van der Waals surface area contributed by atoms with Gasteiger partial charge >= 0.3 is 6.01 Å². The molecule has 2 aliphatic rings. The number of likely N-dealkylation sites (tertiary alicyclic amines) is 1. The summed E-state index contributed by atoms with van der Waals surface area (Å²) in [6.45, 7) is 5.59. The molecule has 0 radical (unpaired) electrons. The van der Waals surface area contributed by atoms with Crippen molar-refractivity contribution in [3.8, 4) is 6.01 Å². The quantitative estimate of drug-likeness (QED) is 0.833. The van der Waals surface area contributed by atoms with E-state index in [1.54, 1.807) is 11.1 Å². The highest BCUT2D eigenvalue weighted by Gasteiger charge is 2.50. The third-order valence-corrected chi connectivity index (χ3v) is 5.35. The van der Waals surface area contributed by atoms with Crippen molar-refractivity contribution in [2.75, 3.05) is 19.7 Å². The molecule has 4 rings (SSSR count). The minimum Gasteiger partial charge on any atom is -0.460 e. The molecular formula is C17H20N4O3S. The second-order valence-corrected chi connectivity index (χ2v) is 7.72. The van der Waals surface area contributed by atoms with Crippen LogP contribution in [0.5, 0.6) is 6.01 Å². The lowest BCUT2D eigenvalue weighted by molar-refractivity contribution is -0.174. The number of rotatable bonds is 3. The van der Waals surface area contributed by atoms with E-state index in [0.717, 1.165) is 23.5 Å². The highest BCUT2D eigenvalue weighted by molar-refractivity contribution is 7.09. The number of ether oxygens (including phenoxy) is 2. The third kappa shape index (κ3) is 3.36. The molecule has 2 fully saturated rings. The average molecular weight is 360 g/mol. The van der Waals surface area contributed by atoms with Crippen molar-refractivity contribution in [3.63, 3.8) is 0 Å². The lowest BCUT2D eigenvalue weighted by Crippen LogP contribution is -2.67. The Labute approximate surface area is 150 Å². The molecule has 1 unspecified atom stereocenters. The topological polar surface area (TPSA) is 77.4 Å². The van der Waals surface area contributed by atoms with E-state index in [0.29, 0.717) is 31.4 Å². The molecule has 7 nitrogen and oxygen atoms in total. The van der Waals surface area contributed by atoms with Gasteiger partial charge in [-0.05, 0) is 19.9 Å². The molecule has 0 aliphatic carbocycles. The average Bonchev–Trinajstić information content (AvgIpc) is 2.99. The SMILES string of the molecule is Cc1ccnc(OC2CCOC3(C2)CN(C(=O)c2csc(C)n2)C3)n1. The van der Waals surface area contributed by atoms with Gasteiger partial charge in [-0.3, -0.25) is 4.79 Å². The van der Waals surface area contributed by atoms with Crippen LogP contribution in [0.2, 0.25) is 0 Å². The largest absolute Gasteiger partial charge is 0.460 e. The normalized spacial score (nSPS) is 21.8. The third-order valence-electron chi connectivity index (χ3n) is 4.58. The molecule has 2 saturated heterocycles. The molecule has 0 N–H and O–H groups in total. The predicted octanol–water partition coefficient (Wildman–Crippen LogP) is 2.00. The van der Waals surface area contributed by atoms with Crippen LogP contribution in [0.4, 0.5) is 0 Å². The van der Waals surface area contributed by atoms with Crippen LogP contribution in [0.3, 0.4) is 0 Å². The smallest absolute Gasteiger partial charge is 0.316 e. The first-order valence-electron chi connectivity index (χ1n) is 8.35. The molecular weight excluding hydrogens is 340 g/mol. The van der Waals surface area contributed by atoms with Crippen LogP contribution in [-0.2, 0) is 4.74 Å². The van der Waals surface area contributed by atoms with E-state index < -0.39 is 0 Å². The van der Waals surface area contributed by atoms with Gasteiger partial charge in [0, 0.05) is 30.1 Å². The maximum absolute atomic E-state index is 12.4. The molecule has 2 aromatic rings. The Hall–Kier alpha value is -2.06. The summed E-state index contributed by atoms with van der Waals surface area (Å²) in [6, 6.07) is 2.25. The fourth-order valence-corrected chi connectivity index (χ4v) is 3.94. The summed E-state index contributed by atoms with van der Waals surface area (Å²) in [4.78, 5) is 27.0. The zero-order chi connectivity index (χ0) is 17.4. The first-order valence-corrected chi connectivity index (χ1v) is 9.23. The summed E-state index contributed by atoms with van der Waals surface area (Å²) in [5.41, 5.74) is 1.09. The summed E-state index contributed by atoms with van der Waals surface area (Å²) in [5, 5.41) is 2.71. The Bertz CT molecular complexity index is 788. The van der Waals surface area contributed by atoms with Crippen LogP contribution >= 0.6 is 11.3 Å². The van der Waals surface area contributed by atoms with E-state index in [2.05, 4.69) is 15.0 Å². The first kappa shape index (κ1) is 16.4. The summed E-state index contributed by atoms with van der Waals surface area (Å²) in [5.74, 6) is -0.0244.